The van der Waals surface area contributed by atoms with Gasteiger partial charge in [-0.3, -0.25) is 9.00 Å². The number of hydrogen-bond acceptors (Lipinski definition) is 3. The number of carboxylic acid groups (broad SMARTS) is 1. The molecule has 6 heteroatoms. The van der Waals surface area contributed by atoms with Gasteiger partial charge < -0.3 is 10.4 Å². The van der Waals surface area contributed by atoms with Crippen LogP contribution in [0.15, 0.2) is 29.2 Å². The van der Waals surface area contributed by atoms with Crippen LogP contribution in [0.25, 0.3) is 0 Å². The fourth-order valence-electron chi connectivity index (χ4n) is 2.49. The Labute approximate surface area is 126 Å². The molecule has 2 N–H and O–H groups in total. The van der Waals surface area contributed by atoms with Crippen LogP contribution in [0.3, 0.4) is 0 Å². The molecule has 114 valence electrons. The minimum Gasteiger partial charge on any atom is -0.478 e. The van der Waals surface area contributed by atoms with Crippen molar-refractivity contribution in [2.24, 2.45) is 0 Å². The number of carbonyl (C=O) groups is 2. The van der Waals surface area contributed by atoms with Crippen LogP contribution in [0.5, 0.6) is 0 Å². The summed E-state index contributed by atoms with van der Waals surface area (Å²) in [6, 6.07) is 6.09. The molecule has 0 aromatic heterocycles. The Balaban J connectivity index is 1.92. The van der Waals surface area contributed by atoms with Gasteiger partial charge in [0.05, 0.1) is 16.4 Å². The van der Waals surface area contributed by atoms with E-state index in [0.717, 1.165) is 25.7 Å². The van der Waals surface area contributed by atoms with Gasteiger partial charge >= 0.3 is 5.97 Å². The average molecular weight is 309 g/mol. The molecule has 1 aliphatic carbocycles. The van der Waals surface area contributed by atoms with Gasteiger partial charge in [-0.2, -0.15) is 0 Å². The monoisotopic (exact) mass is 309 g/mol. The summed E-state index contributed by atoms with van der Waals surface area (Å²) in [5, 5.41) is 11.8. The van der Waals surface area contributed by atoms with Crippen molar-refractivity contribution in [2.75, 3.05) is 5.75 Å². The van der Waals surface area contributed by atoms with Gasteiger partial charge in [-0.25, -0.2) is 4.79 Å². The molecule has 0 heterocycles. The zero-order chi connectivity index (χ0) is 15.2. The second-order valence-corrected chi connectivity index (χ2v) is 6.68. The van der Waals surface area contributed by atoms with Gasteiger partial charge in [0.25, 0.3) is 0 Å². The fourth-order valence-corrected chi connectivity index (χ4v) is 3.47. The number of aromatic carboxylic acids is 1. The van der Waals surface area contributed by atoms with Crippen molar-refractivity contribution in [3.05, 3.63) is 29.8 Å². The molecule has 0 saturated heterocycles. The molecule has 21 heavy (non-hydrogen) atoms. The molecule has 1 aliphatic rings. The second-order valence-electron chi connectivity index (χ2n) is 5.23. The predicted molar refractivity (Wildman–Crippen MR) is 79.7 cm³/mol. The van der Waals surface area contributed by atoms with Crippen LogP contribution in [-0.4, -0.2) is 33.0 Å². The molecule has 5 nitrogen and oxygen atoms in total. The van der Waals surface area contributed by atoms with Crippen molar-refractivity contribution >= 4 is 22.7 Å². The van der Waals surface area contributed by atoms with E-state index >= 15 is 0 Å². The van der Waals surface area contributed by atoms with Crippen LogP contribution >= 0.6 is 0 Å². The molecule has 1 amide bonds. The lowest BCUT2D eigenvalue weighted by atomic mass is 9.95. The van der Waals surface area contributed by atoms with Crippen LogP contribution in [0, 0.1) is 0 Å². The Kier molecular flexibility index (Phi) is 5.50. The first-order valence-corrected chi connectivity index (χ1v) is 8.39. The van der Waals surface area contributed by atoms with Crippen LogP contribution in [-0.2, 0) is 15.6 Å². The summed E-state index contributed by atoms with van der Waals surface area (Å²) in [4.78, 5) is 23.1. The molecule has 0 radical (unpaired) electrons. The second kappa shape index (κ2) is 7.36. The van der Waals surface area contributed by atoms with Crippen molar-refractivity contribution < 1.29 is 18.9 Å². The zero-order valence-corrected chi connectivity index (χ0v) is 12.5. The Hall–Kier alpha value is -1.69. The van der Waals surface area contributed by atoms with Crippen molar-refractivity contribution in [2.45, 2.75) is 43.0 Å². The highest BCUT2D eigenvalue weighted by Crippen LogP contribution is 2.17. The smallest absolute Gasteiger partial charge is 0.335 e. The molecule has 1 fully saturated rings. The third-order valence-electron chi connectivity index (χ3n) is 3.58. The van der Waals surface area contributed by atoms with E-state index in [4.69, 9.17) is 5.11 Å². The Morgan fingerprint density at radius 3 is 2.62 bits per heavy atom. The number of carbonyl (C=O) groups excluding carboxylic acids is 1. The lowest BCUT2D eigenvalue weighted by molar-refractivity contribution is -0.119. The van der Waals surface area contributed by atoms with Crippen molar-refractivity contribution in [1.29, 1.82) is 0 Å². The summed E-state index contributed by atoms with van der Waals surface area (Å²) in [6.45, 7) is 0. The Bertz CT molecular complexity index is 552. The Morgan fingerprint density at radius 1 is 1.24 bits per heavy atom. The molecule has 1 saturated carbocycles. The summed E-state index contributed by atoms with van der Waals surface area (Å²) >= 11 is 0. The van der Waals surface area contributed by atoms with E-state index in [2.05, 4.69) is 5.32 Å². The van der Waals surface area contributed by atoms with Crippen LogP contribution in [0.2, 0.25) is 0 Å². The minimum atomic E-state index is -1.52. The van der Waals surface area contributed by atoms with E-state index in [9.17, 15) is 13.8 Å². The highest BCUT2D eigenvalue weighted by atomic mass is 32.2. The number of benzene rings is 1. The molecule has 1 atom stereocenters. The van der Waals surface area contributed by atoms with E-state index in [0.29, 0.717) is 4.90 Å². The Morgan fingerprint density at radius 2 is 1.95 bits per heavy atom. The van der Waals surface area contributed by atoms with Gasteiger partial charge in [0.1, 0.15) is 5.75 Å². The molecule has 1 aromatic carbocycles. The third-order valence-corrected chi connectivity index (χ3v) is 4.88. The van der Waals surface area contributed by atoms with Crippen molar-refractivity contribution in [3.8, 4) is 0 Å². The number of rotatable bonds is 5. The van der Waals surface area contributed by atoms with E-state index < -0.39 is 16.8 Å². The largest absolute Gasteiger partial charge is 0.478 e. The topological polar surface area (TPSA) is 83.5 Å². The van der Waals surface area contributed by atoms with Gasteiger partial charge in [-0.1, -0.05) is 25.3 Å². The summed E-state index contributed by atoms with van der Waals surface area (Å²) in [6.07, 6.45) is 5.41. The first-order chi connectivity index (χ1) is 10.1. The van der Waals surface area contributed by atoms with E-state index in [1.165, 1.54) is 24.6 Å². The lowest BCUT2D eigenvalue weighted by Crippen LogP contribution is -2.38. The molecule has 1 unspecified atom stereocenters. The average Bonchev–Trinajstić information content (AvgIpc) is 2.48. The standard InChI is InChI=1S/C15H19NO4S/c17-14(16-12-6-2-1-3-7-12)10-21(20)13-8-4-5-11(9-13)15(18)19/h4-5,8-9,12H,1-3,6-7,10H2,(H,16,17)(H,18,19). The molecule has 0 bridgehead atoms. The highest BCUT2D eigenvalue weighted by molar-refractivity contribution is 7.85. The molecule has 0 spiro atoms. The number of amides is 1. The maximum atomic E-state index is 12.1. The van der Waals surface area contributed by atoms with Gasteiger partial charge in [0.2, 0.25) is 5.91 Å². The third kappa shape index (κ3) is 4.67. The van der Waals surface area contributed by atoms with E-state index in [-0.39, 0.29) is 23.3 Å². The first kappa shape index (κ1) is 15.7. The number of nitrogens with one attached hydrogen (secondary N) is 1. The molecule has 2 rings (SSSR count). The quantitative estimate of drug-likeness (QED) is 0.870. The maximum absolute atomic E-state index is 12.1. The predicted octanol–water partition coefficient (Wildman–Crippen LogP) is 1.94. The van der Waals surface area contributed by atoms with E-state index in [1.54, 1.807) is 6.07 Å². The van der Waals surface area contributed by atoms with Gasteiger partial charge in [0, 0.05) is 10.9 Å². The molecule has 0 aliphatic heterocycles. The van der Waals surface area contributed by atoms with Crippen LogP contribution in [0.1, 0.15) is 42.5 Å². The number of carboxylic acids is 1. The van der Waals surface area contributed by atoms with Gasteiger partial charge in [-0.15, -0.1) is 0 Å². The molecular formula is C15H19NO4S. The molecule has 1 aromatic rings. The zero-order valence-electron chi connectivity index (χ0n) is 11.7. The highest BCUT2D eigenvalue weighted by Gasteiger charge is 2.18. The normalized spacial score (nSPS) is 17.1. The van der Waals surface area contributed by atoms with Crippen molar-refractivity contribution in [1.82, 2.24) is 5.32 Å². The summed E-state index contributed by atoms with van der Waals surface area (Å²) in [5.74, 6) is -1.43. The lowest BCUT2D eigenvalue weighted by Gasteiger charge is -2.22. The van der Waals surface area contributed by atoms with Crippen molar-refractivity contribution in [3.63, 3.8) is 0 Å². The van der Waals surface area contributed by atoms with Crippen LogP contribution < -0.4 is 5.32 Å². The SMILES string of the molecule is O=C(CS(=O)c1cccc(C(=O)O)c1)NC1CCCCC1. The summed E-state index contributed by atoms with van der Waals surface area (Å²) < 4.78 is 12.1. The fraction of sp³-hybridized carbons (Fsp3) is 0.467. The van der Waals surface area contributed by atoms with E-state index in [1.807, 2.05) is 0 Å². The summed E-state index contributed by atoms with van der Waals surface area (Å²) in [5.41, 5.74) is 0.0774. The summed E-state index contributed by atoms with van der Waals surface area (Å²) in [7, 11) is -1.52. The molecular weight excluding hydrogens is 290 g/mol. The number of hydrogen-bond donors (Lipinski definition) is 2. The van der Waals surface area contributed by atoms with Crippen LogP contribution in [0.4, 0.5) is 0 Å². The van der Waals surface area contributed by atoms with Gasteiger partial charge in [-0.05, 0) is 31.0 Å². The maximum Gasteiger partial charge on any atom is 0.335 e. The minimum absolute atomic E-state index is 0.0774. The van der Waals surface area contributed by atoms with Gasteiger partial charge in [0.15, 0.2) is 0 Å². The first-order valence-electron chi connectivity index (χ1n) is 7.07.